The van der Waals surface area contributed by atoms with Crippen molar-refractivity contribution in [1.29, 1.82) is 0 Å². The first-order valence-electron chi connectivity index (χ1n) is 5.36. The number of hydrogen-bond donors (Lipinski definition) is 0. The van der Waals surface area contributed by atoms with E-state index in [1.165, 1.54) is 16.7 Å². The highest BCUT2D eigenvalue weighted by molar-refractivity contribution is 5.90. The molecule has 1 heterocycles. The van der Waals surface area contributed by atoms with Gasteiger partial charge in [-0.25, -0.2) is 4.79 Å². The number of hydrogen-bond acceptors (Lipinski definition) is 3. The molecule has 0 radical (unpaired) electrons. The number of amides is 2. The highest BCUT2D eigenvalue weighted by atomic mass is 16.6. The van der Waals surface area contributed by atoms with Crippen LogP contribution < -0.4 is 4.90 Å². The summed E-state index contributed by atoms with van der Waals surface area (Å²) in [6.07, 6.45) is -0.936. The standard InChI is InChI=1S/C12H14N2O3/c1-9(15)13(2)11-8-14(12(16)17-11)10-6-4-3-5-7-10/h3-7,11H,8H2,1-2H3. The molecule has 1 atom stereocenters. The average molecular weight is 234 g/mol. The molecule has 0 saturated carbocycles. The number of benzene rings is 1. The first-order valence-corrected chi connectivity index (χ1v) is 5.36. The molecule has 1 saturated heterocycles. The third-order valence-corrected chi connectivity index (χ3v) is 2.79. The van der Waals surface area contributed by atoms with Gasteiger partial charge < -0.3 is 9.64 Å². The van der Waals surface area contributed by atoms with E-state index in [0.717, 1.165) is 5.69 Å². The molecular weight excluding hydrogens is 220 g/mol. The summed E-state index contributed by atoms with van der Waals surface area (Å²) in [7, 11) is 1.62. The summed E-state index contributed by atoms with van der Waals surface area (Å²) < 4.78 is 5.14. The largest absolute Gasteiger partial charge is 0.423 e. The molecule has 2 rings (SSSR count). The van der Waals surface area contributed by atoms with Crippen molar-refractivity contribution in [3.05, 3.63) is 30.3 Å². The van der Waals surface area contributed by atoms with E-state index < -0.39 is 12.3 Å². The zero-order valence-corrected chi connectivity index (χ0v) is 9.79. The summed E-state index contributed by atoms with van der Waals surface area (Å²) in [5.74, 6) is -0.127. The van der Waals surface area contributed by atoms with E-state index in [2.05, 4.69) is 0 Å². The molecule has 0 spiro atoms. The summed E-state index contributed by atoms with van der Waals surface area (Å²) in [5.41, 5.74) is 0.775. The van der Waals surface area contributed by atoms with E-state index in [4.69, 9.17) is 4.74 Å². The van der Waals surface area contributed by atoms with Gasteiger partial charge in [0.1, 0.15) is 0 Å². The number of nitrogens with zero attached hydrogens (tertiary/aromatic N) is 2. The van der Waals surface area contributed by atoms with Crippen molar-refractivity contribution in [3.8, 4) is 0 Å². The first kappa shape index (κ1) is 11.4. The Morgan fingerprint density at radius 3 is 2.65 bits per heavy atom. The van der Waals surface area contributed by atoms with Gasteiger partial charge in [0.05, 0.1) is 6.54 Å². The summed E-state index contributed by atoms with van der Waals surface area (Å²) in [6.45, 7) is 1.80. The van der Waals surface area contributed by atoms with E-state index in [0.29, 0.717) is 6.54 Å². The van der Waals surface area contributed by atoms with Gasteiger partial charge in [0.15, 0.2) is 6.23 Å². The lowest BCUT2D eigenvalue weighted by atomic mass is 10.3. The summed E-state index contributed by atoms with van der Waals surface area (Å²) >= 11 is 0. The van der Waals surface area contributed by atoms with Crippen LogP contribution in [0, 0.1) is 0 Å². The summed E-state index contributed by atoms with van der Waals surface area (Å²) in [5, 5.41) is 0. The minimum Gasteiger partial charge on any atom is -0.423 e. The number of carbonyl (C=O) groups is 2. The number of ether oxygens (including phenoxy) is 1. The van der Waals surface area contributed by atoms with Crippen LogP contribution in [0.3, 0.4) is 0 Å². The van der Waals surface area contributed by atoms with Crippen LogP contribution in [-0.2, 0) is 9.53 Å². The molecule has 1 aliphatic rings. The van der Waals surface area contributed by atoms with Gasteiger partial charge in [-0.3, -0.25) is 9.69 Å². The molecule has 90 valence electrons. The number of cyclic esters (lactones) is 1. The molecule has 0 bridgehead atoms. The second-order valence-corrected chi connectivity index (χ2v) is 3.91. The lowest BCUT2D eigenvalue weighted by Gasteiger charge is -2.20. The molecule has 1 unspecified atom stereocenters. The minimum absolute atomic E-state index is 0.127. The molecular formula is C12H14N2O3. The maximum absolute atomic E-state index is 11.7. The van der Waals surface area contributed by atoms with Gasteiger partial charge in [-0.15, -0.1) is 0 Å². The fraction of sp³-hybridized carbons (Fsp3) is 0.333. The Hall–Kier alpha value is -2.04. The molecule has 17 heavy (non-hydrogen) atoms. The number of likely N-dealkylation sites (N-methyl/N-ethyl adjacent to an activating group) is 1. The monoisotopic (exact) mass is 234 g/mol. The van der Waals surface area contributed by atoms with Crippen LogP contribution in [0.2, 0.25) is 0 Å². The molecule has 1 fully saturated rings. The van der Waals surface area contributed by atoms with Gasteiger partial charge in [0.25, 0.3) is 0 Å². The third-order valence-electron chi connectivity index (χ3n) is 2.79. The third kappa shape index (κ3) is 2.22. The van der Waals surface area contributed by atoms with Crippen LogP contribution in [0.5, 0.6) is 0 Å². The molecule has 5 heteroatoms. The molecule has 5 nitrogen and oxygen atoms in total. The van der Waals surface area contributed by atoms with Crippen molar-refractivity contribution >= 4 is 17.7 Å². The van der Waals surface area contributed by atoms with Crippen molar-refractivity contribution in [2.45, 2.75) is 13.2 Å². The molecule has 1 aliphatic heterocycles. The van der Waals surface area contributed by atoms with Crippen molar-refractivity contribution in [1.82, 2.24) is 4.90 Å². The number of rotatable bonds is 2. The van der Waals surface area contributed by atoms with Crippen LogP contribution >= 0.6 is 0 Å². The Balaban J connectivity index is 2.13. The molecule has 1 aromatic rings. The Labute approximate surface area is 99.6 Å². The summed E-state index contributed by atoms with van der Waals surface area (Å²) in [4.78, 5) is 25.8. The van der Waals surface area contributed by atoms with E-state index in [1.807, 2.05) is 30.3 Å². The lowest BCUT2D eigenvalue weighted by molar-refractivity contribution is -0.134. The highest BCUT2D eigenvalue weighted by Crippen LogP contribution is 2.22. The predicted octanol–water partition coefficient (Wildman–Crippen LogP) is 1.45. The Morgan fingerprint density at radius 1 is 1.41 bits per heavy atom. The van der Waals surface area contributed by atoms with E-state index in [-0.39, 0.29) is 5.91 Å². The number of carbonyl (C=O) groups excluding carboxylic acids is 2. The zero-order chi connectivity index (χ0) is 12.4. The van der Waals surface area contributed by atoms with E-state index in [9.17, 15) is 9.59 Å². The van der Waals surface area contributed by atoms with Gasteiger partial charge in [0, 0.05) is 19.7 Å². The van der Waals surface area contributed by atoms with E-state index >= 15 is 0 Å². The Kier molecular flexibility index (Phi) is 2.99. The Morgan fingerprint density at radius 2 is 2.06 bits per heavy atom. The Bertz CT molecular complexity index is 433. The topological polar surface area (TPSA) is 49.9 Å². The van der Waals surface area contributed by atoms with E-state index in [1.54, 1.807) is 7.05 Å². The van der Waals surface area contributed by atoms with Crippen molar-refractivity contribution in [2.75, 3.05) is 18.5 Å². The maximum Gasteiger partial charge on any atom is 0.416 e. The van der Waals surface area contributed by atoms with Gasteiger partial charge in [-0.1, -0.05) is 18.2 Å². The maximum atomic E-state index is 11.7. The van der Waals surface area contributed by atoms with Gasteiger partial charge in [0.2, 0.25) is 5.91 Å². The van der Waals surface area contributed by atoms with Crippen LogP contribution in [0.25, 0.3) is 0 Å². The second kappa shape index (κ2) is 4.45. The average Bonchev–Trinajstić information content (AvgIpc) is 2.71. The van der Waals surface area contributed by atoms with Crippen molar-refractivity contribution in [3.63, 3.8) is 0 Å². The van der Waals surface area contributed by atoms with Crippen LogP contribution in [0.15, 0.2) is 30.3 Å². The first-order chi connectivity index (χ1) is 8.09. The molecule has 2 amide bonds. The lowest BCUT2D eigenvalue weighted by Crippen LogP contribution is -2.38. The minimum atomic E-state index is -0.514. The quantitative estimate of drug-likeness (QED) is 0.778. The SMILES string of the molecule is CC(=O)N(C)C1CN(c2ccccc2)C(=O)O1. The molecule has 0 aromatic heterocycles. The fourth-order valence-corrected chi connectivity index (χ4v) is 1.67. The number of para-hydroxylation sites is 1. The number of anilines is 1. The molecule has 0 N–H and O–H groups in total. The highest BCUT2D eigenvalue weighted by Gasteiger charge is 2.35. The van der Waals surface area contributed by atoms with Crippen LogP contribution in [-0.4, -0.2) is 36.7 Å². The predicted molar refractivity (Wildman–Crippen MR) is 62.5 cm³/mol. The van der Waals surface area contributed by atoms with Crippen molar-refractivity contribution in [2.24, 2.45) is 0 Å². The zero-order valence-electron chi connectivity index (χ0n) is 9.79. The van der Waals surface area contributed by atoms with Gasteiger partial charge >= 0.3 is 6.09 Å². The van der Waals surface area contributed by atoms with Gasteiger partial charge in [-0.05, 0) is 12.1 Å². The smallest absolute Gasteiger partial charge is 0.416 e. The summed E-state index contributed by atoms with van der Waals surface area (Å²) in [6, 6.07) is 9.24. The normalized spacial score (nSPS) is 19.1. The molecule has 0 aliphatic carbocycles. The van der Waals surface area contributed by atoms with Crippen LogP contribution in [0.4, 0.5) is 10.5 Å². The fourth-order valence-electron chi connectivity index (χ4n) is 1.67. The van der Waals surface area contributed by atoms with Crippen molar-refractivity contribution < 1.29 is 14.3 Å². The van der Waals surface area contributed by atoms with Gasteiger partial charge in [-0.2, -0.15) is 0 Å². The second-order valence-electron chi connectivity index (χ2n) is 3.91. The van der Waals surface area contributed by atoms with Crippen LogP contribution in [0.1, 0.15) is 6.92 Å². The molecule has 1 aromatic carbocycles.